The SMILES string of the molecule is O=C(CN1CCC2(CC1)c1ccccc1C(=O)N2Cc1ccccc1)N1CCN(C2CCC2)CC1.O=C(COC(=O)N1CCC2(CC1)c1ccccc1C(=O)N2Cc1ccccc1)N1CCN(C2CCC2)CC1. The average Bonchev–Trinajstić information content (AvgIpc) is 3.75. The molecule has 14 nitrogen and oxygen atoms in total. The van der Waals surface area contributed by atoms with Crippen molar-refractivity contribution in [2.75, 3.05) is 91.7 Å². The van der Waals surface area contributed by atoms with Gasteiger partial charge in [-0.15, -0.1) is 0 Å². The van der Waals surface area contributed by atoms with E-state index >= 15 is 0 Å². The molecule has 2 spiro atoms. The van der Waals surface area contributed by atoms with Crippen molar-refractivity contribution in [3.05, 3.63) is 143 Å². The summed E-state index contributed by atoms with van der Waals surface area (Å²) in [6.07, 6.45) is 10.4. The molecule has 73 heavy (non-hydrogen) atoms. The molecule has 2 aliphatic carbocycles. The highest BCUT2D eigenvalue weighted by atomic mass is 16.6. The van der Waals surface area contributed by atoms with Crippen LogP contribution in [-0.2, 0) is 38.5 Å². The van der Waals surface area contributed by atoms with Gasteiger partial charge in [-0.3, -0.25) is 33.9 Å². The molecule has 6 aliphatic heterocycles. The number of rotatable bonds is 10. The molecule has 2 saturated carbocycles. The van der Waals surface area contributed by atoms with Gasteiger partial charge < -0.3 is 29.2 Å². The third kappa shape index (κ3) is 9.90. The second-order valence-corrected chi connectivity index (χ2v) is 21.7. The highest BCUT2D eigenvalue weighted by Crippen LogP contribution is 2.48. The number of carbonyl (C=O) groups is 5. The molecule has 4 saturated heterocycles. The van der Waals surface area contributed by atoms with Gasteiger partial charge in [0.05, 0.1) is 17.6 Å². The van der Waals surface area contributed by atoms with Gasteiger partial charge in [0.1, 0.15) is 0 Å². The van der Waals surface area contributed by atoms with Crippen molar-refractivity contribution in [2.24, 2.45) is 0 Å². The minimum atomic E-state index is -0.450. The van der Waals surface area contributed by atoms with Gasteiger partial charge in [0, 0.05) is 115 Å². The molecule has 8 aliphatic rings. The standard InChI is InChI=1S/C30H36N4O4.C29H36N4O2/c35-27(32-19-17-31(18-20-32)24-9-6-10-24)22-38-29(37)33-15-13-30(14-16-33)26-12-5-4-11-25(26)28(36)34(30)21-23-7-2-1-3-8-23;34-27(32-19-17-31(18-20-32)24-9-6-10-24)22-30-15-13-29(14-16-30)26-12-5-4-11-25(26)28(35)33(29)21-23-7-2-1-3-8-23/h1-5,7-8,11-12,24H,6,9-10,13-22H2;1-5,7-8,11-12,24H,6,9-10,13-22H2. The van der Waals surface area contributed by atoms with E-state index < -0.39 is 11.6 Å². The molecule has 0 bridgehead atoms. The fraction of sp³-hybridized carbons (Fsp3) is 0.508. The second kappa shape index (κ2) is 21.4. The topological polar surface area (TPSA) is 121 Å². The predicted molar refractivity (Wildman–Crippen MR) is 278 cm³/mol. The minimum Gasteiger partial charge on any atom is -0.439 e. The van der Waals surface area contributed by atoms with E-state index in [4.69, 9.17) is 4.74 Å². The lowest BCUT2D eigenvalue weighted by molar-refractivity contribution is -0.137. The fourth-order valence-electron chi connectivity index (χ4n) is 13.1. The number of amides is 5. The van der Waals surface area contributed by atoms with Gasteiger partial charge in [-0.05, 0) is 85.8 Å². The lowest BCUT2D eigenvalue weighted by atomic mass is 9.80. The maximum atomic E-state index is 13.5. The molecule has 6 fully saturated rings. The maximum absolute atomic E-state index is 13.5. The smallest absolute Gasteiger partial charge is 0.410 e. The number of likely N-dealkylation sites (tertiary alicyclic amines) is 2. The molecule has 0 atom stereocenters. The maximum Gasteiger partial charge on any atom is 0.410 e. The van der Waals surface area contributed by atoms with E-state index in [1.165, 1.54) is 44.1 Å². The number of hydrogen-bond acceptors (Lipinski definition) is 9. The molecule has 0 N–H and O–H groups in total. The van der Waals surface area contributed by atoms with Crippen LogP contribution < -0.4 is 0 Å². The Kier molecular flexibility index (Phi) is 14.4. The van der Waals surface area contributed by atoms with E-state index in [-0.39, 0.29) is 35.8 Å². The summed E-state index contributed by atoms with van der Waals surface area (Å²) in [7, 11) is 0. The molecule has 12 rings (SSSR count). The van der Waals surface area contributed by atoms with Crippen LogP contribution in [0.15, 0.2) is 109 Å². The number of ether oxygens (including phenoxy) is 1. The highest BCUT2D eigenvalue weighted by molar-refractivity contribution is 6.01. The number of nitrogens with zero attached hydrogens (tertiary/aromatic N) is 8. The Balaban J connectivity index is 0.000000158. The zero-order valence-corrected chi connectivity index (χ0v) is 42.5. The molecule has 384 valence electrons. The molecule has 0 unspecified atom stereocenters. The third-order valence-corrected chi connectivity index (χ3v) is 17.9. The van der Waals surface area contributed by atoms with Gasteiger partial charge in [0.2, 0.25) is 5.91 Å². The van der Waals surface area contributed by atoms with Crippen molar-refractivity contribution < 1.29 is 28.7 Å². The van der Waals surface area contributed by atoms with Crippen LogP contribution in [0, 0.1) is 0 Å². The molecule has 4 aromatic carbocycles. The molecule has 6 heterocycles. The minimum absolute atomic E-state index is 0.0449. The zero-order chi connectivity index (χ0) is 49.9. The van der Waals surface area contributed by atoms with Crippen LogP contribution in [0.3, 0.4) is 0 Å². The number of benzene rings is 4. The Bertz CT molecular complexity index is 2610. The van der Waals surface area contributed by atoms with Crippen LogP contribution in [0.4, 0.5) is 4.79 Å². The zero-order valence-electron chi connectivity index (χ0n) is 42.5. The monoisotopic (exact) mass is 989 g/mol. The van der Waals surface area contributed by atoms with E-state index in [0.717, 1.165) is 99.1 Å². The Morgan fingerprint density at radius 2 is 0.877 bits per heavy atom. The van der Waals surface area contributed by atoms with Crippen molar-refractivity contribution in [1.29, 1.82) is 0 Å². The summed E-state index contributed by atoms with van der Waals surface area (Å²) in [5.41, 5.74) is 5.32. The Morgan fingerprint density at radius 1 is 0.466 bits per heavy atom. The molecule has 0 radical (unpaired) electrons. The summed E-state index contributed by atoms with van der Waals surface area (Å²) in [4.78, 5) is 82.7. The number of fused-ring (bicyclic) bond motifs is 4. The van der Waals surface area contributed by atoms with Crippen molar-refractivity contribution in [3.63, 3.8) is 0 Å². The number of carbonyl (C=O) groups excluding carboxylic acids is 5. The lowest BCUT2D eigenvalue weighted by Gasteiger charge is -2.46. The fourth-order valence-corrected chi connectivity index (χ4v) is 13.1. The first-order valence-electron chi connectivity index (χ1n) is 27.3. The molecule has 5 amide bonds. The first-order valence-corrected chi connectivity index (χ1v) is 27.3. The number of piperidine rings is 2. The van der Waals surface area contributed by atoms with Crippen molar-refractivity contribution in [2.45, 2.75) is 100 Å². The number of piperazine rings is 2. The Morgan fingerprint density at radius 3 is 1.32 bits per heavy atom. The summed E-state index contributed by atoms with van der Waals surface area (Å²) in [5.74, 6) is 0.324. The van der Waals surface area contributed by atoms with E-state index in [1.807, 2.05) is 88.7 Å². The van der Waals surface area contributed by atoms with Crippen LogP contribution in [0.25, 0.3) is 0 Å². The first kappa shape index (κ1) is 49.1. The molecule has 0 aromatic heterocycles. The summed E-state index contributed by atoms with van der Waals surface area (Å²) < 4.78 is 5.47. The van der Waals surface area contributed by atoms with Gasteiger partial charge in [-0.2, -0.15) is 0 Å². The predicted octanol–water partition coefficient (Wildman–Crippen LogP) is 6.80. The highest BCUT2D eigenvalue weighted by Gasteiger charge is 2.52. The average molecular weight is 989 g/mol. The van der Waals surface area contributed by atoms with Crippen LogP contribution in [0.2, 0.25) is 0 Å². The second-order valence-electron chi connectivity index (χ2n) is 21.7. The lowest BCUT2D eigenvalue weighted by Crippen LogP contribution is -2.56. The summed E-state index contributed by atoms with van der Waals surface area (Å²) in [5, 5.41) is 0. The van der Waals surface area contributed by atoms with Gasteiger partial charge in [-0.1, -0.05) is 110 Å². The first-order chi connectivity index (χ1) is 35.7. The van der Waals surface area contributed by atoms with Crippen LogP contribution in [0.5, 0.6) is 0 Å². The van der Waals surface area contributed by atoms with Crippen LogP contribution >= 0.6 is 0 Å². The van der Waals surface area contributed by atoms with Crippen molar-refractivity contribution >= 4 is 29.7 Å². The molecular weight excluding hydrogens is 917 g/mol. The summed E-state index contributed by atoms with van der Waals surface area (Å²) in [6.45, 7) is 11.0. The normalized spacial score (nSPS) is 22.1. The molecule has 14 heteroatoms. The largest absolute Gasteiger partial charge is 0.439 e. The van der Waals surface area contributed by atoms with Crippen LogP contribution in [-0.4, -0.2) is 173 Å². The van der Waals surface area contributed by atoms with E-state index in [1.54, 1.807) is 4.90 Å². The van der Waals surface area contributed by atoms with Gasteiger partial charge in [-0.25, -0.2) is 4.79 Å². The quantitative estimate of drug-likeness (QED) is 0.169. The van der Waals surface area contributed by atoms with E-state index in [0.29, 0.717) is 64.7 Å². The van der Waals surface area contributed by atoms with Crippen LogP contribution in [0.1, 0.15) is 107 Å². The van der Waals surface area contributed by atoms with Gasteiger partial charge in [0.25, 0.3) is 17.7 Å². The Hall–Kier alpha value is -6.09. The molecule has 4 aromatic rings. The summed E-state index contributed by atoms with van der Waals surface area (Å²) >= 11 is 0. The van der Waals surface area contributed by atoms with Gasteiger partial charge in [0.15, 0.2) is 6.61 Å². The summed E-state index contributed by atoms with van der Waals surface area (Å²) in [6, 6.07) is 37.8. The third-order valence-electron chi connectivity index (χ3n) is 17.9. The van der Waals surface area contributed by atoms with Gasteiger partial charge >= 0.3 is 6.09 Å². The number of hydrogen-bond donors (Lipinski definition) is 0. The van der Waals surface area contributed by atoms with Crippen molar-refractivity contribution in [1.82, 2.24) is 39.2 Å². The van der Waals surface area contributed by atoms with Crippen molar-refractivity contribution in [3.8, 4) is 0 Å². The van der Waals surface area contributed by atoms with E-state index in [9.17, 15) is 24.0 Å². The molecular formula is C59H72N8O6. The Labute approximate surface area is 430 Å². The van der Waals surface area contributed by atoms with E-state index in [2.05, 4.69) is 54.8 Å².